The first-order valence-corrected chi connectivity index (χ1v) is 11.6. The highest BCUT2D eigenvalue weighted by Gasteiger charge is 2.39. The van der Waals surface area contributed by atoms with Crippen molar-refractivity contribution >= 4 is 15.9 Å². The SMILES string of the molecule is CCCOc1c(Br)cc([C@H]2CC[C@H](c3cc(OC)c(OC)c(OC)c3)[C@H]2OC)cc1OC. The average molecular weight is 509 g/mol. The summed E-state index contributed by atoms with van der Waals surface area (Å²) < 4.78 is 35.1. The van der Waals surface area contributed by atoms with E-state index in [1.54, 1.807) is 35.5 Å². The van der Waals surface area contributed by atoms with Gasteiger partial charge in [0.1, 0.15) is 0 Å². The molecule has 7 heteroatoms. The van der Waals surface area contributed by atoms with Crippen LogP contribution in [0.25, 0.3) is 0 Å². The van der Waals surface area contributed by atoms with Gasteiger partial charge >= 0.3 is 0 Å². The van der Waals surface area contributed by atoms with Crippen LogP contribution in [-0.2, 0) is 4.74 Å². The molecule has 1 saturated carbocycles. The van der Waals surface area contributed by atoms with Crippen LogP contribution >= 0.6 is 15.9 Å². The number of halogens is 1. The van der Waals surface area contributed by atoms with E-state index in [1.807, 2.05) is 12.1 Å². The van der Waals surface area contributed by atoms with Crippen molar-refractivity contribution in [3.05, 3.63) is 39.9 Å². The maximum atomic E-state index is 6.06. The van der Waals surface area contributed by atoms with E-state index in [0.717, 1.165) is 40.8 Å². The quantitative estimate of drug-likeness (QED) is 0.395. The number of hydrogen-bond acceptors (Lipinski definition) is 6. The molecule has 0 unspecified atom stereocenters. The van der Waals surface area contributed by atoms with E-state index in [0.29, 0.717) is 23.9 Å². The molecule has 0 bridgehead atoms. The molecule has 0 aliphatic heterocycles. The third-order valence-electron chi connectivity index (χ3n) is 6.10. The van der Waals surface area contributed by atoms with Crippen LogP contribution in [0, 0.1) is 0 Å². The van der Waals surface area contributed by atoms with Crippen LogP contribution in [-0.4, -0.2) is 48.3 Å². The van der Waals surface area contributed by atoms with Gasteiger partial charge in [-0.25, -0.2) is 0 Å². The Morgan fingerprint density at radius 3 is 1.69 bits per heavy atom. The number of benzene rings is 2. The van der Waals surface area contributed by atoms with Crippen LogP contribution in [0.15, 0.2) is 28.7 Å². The molecule has 1 aliphatic rings. The number of ether oxygens (including phenoxy) is 6. The molecule has 1 fully saturated rings. The van der Waals surface area contributed by atoms with Gasteiger partial charge in [-0.05, 0) is 70.6 Å². The Balaban J connectivity index is 1.96. The molecule has 2 aromatic carbocycles. The second-order valence-corrected chi connectivity index (χ2v) is 8.69. The van der Waals surface area contributed by atoms with Crippen LogP contribution in [0.3, 0.4) is 0 Å². The highest BCUT2D eigenvalue weighted by Crippen LogP contribution is 2.50. The van der Waals surface area contributed by atoms with Crippen LogP contribution in [0.2, 0.25) is 0 Å². The molecule has 3 atom stereocenters. The predicted molar refractivity (Wildman–Crippen MR) is 128 cm³/mol. The minimum atomic E-state index is -0.00294. The van der Waals surface area contributed by atoms with Gasteiger partial charge in [0.05, 0.1) is 45.6 Å². The van der Waals surface area contributed by atoms with Crippen LogP contribution in [0.4, 0.5) is 0 Å². The molecule has 0 radical (unpaired) electrons. The lowest BCUT2D eigenvalue weighted by molar-refractivity contribution is 0.0805. The van der Waals surface area contributed by atoms with Crippen molar-refractivity contribution in [1.29, 1.82) is 0 Å². The van der Waals surface area contributed by atoms with E-state index in [9.17, 15) is 0 Å². The largest absolute Gasteiger partial charge is 0.493 e. The Labute approximate surface area is 199 Å². The maximum Gasteiger partial charge on any atom is 0.203 e. The van der Waals surface area contributed by atoms with Crippen LogP contribution < -0.4 is 23.7 Å². The van der Waals surface area contributed by atoms with Gasteiger partial charge in [0, 0.05) is 18.9 Å². The zero-order valence-corrected chi connectivity index (χ0v) is 21.3. The minimum Gasteiger partial charge on any atom is -0.493 e. The van der Waals surface area contributed by atoms with Gasteiger partial charge in [0.15, 0.2) is 23.0 Å². The number of methoxy groups -OCH3 is 5. The van der Waals surface area contributed by atoms with Gasteiger partial charge in [-0.3, -0.25) is 0 Å². The first-order valence-electron chi connectivity index (χ1n) is 10.9. The standard InChI is InChI=1S/C25H33BrO6/c1-7-10-32-24-19(26)11-15(12-20(24)27-2)17-8-9-18(23(17)30-5)16-13-21(28-3)25(31-6)22(14-16)29-4/h11-14,17-18,23H,7-10H2,1-6H3/t17-,18-,23+/m1/s1. The monoisotopic (exact) mass is 508 g/mol. The van der Waals surface area contributed by atoms with Crippen molar-refractivity contribution in [2.24, 2.45) is 0 Å². The first-order chi connectivity index (χ1) is 15.5. The normalized spacial score (nSPS) is 20.2. The lowest BCUT2D eigenvalue weighted by atomic mass is 9.89. The van der Waals surface area contributed by atoms with E-state index in [2.05, 4.69) is 35.0 Å². The third-order valence-corrected chi connectivity index (χ3v) is 6.69. The fourth-order valence-corrected chi connectivity index (χ4v) is 5.20. The minimum absolute atomic E-state index is 0.00294. The fraction of sp³-hybridized carbons (Fsp3) is 0.520. The molecular weight excluding hydrogens is 476 g/mol. The molecule has 0 spiro atoms. The fourth-order valence-electron chi connectivity index (χ4n) is 4.62. The van der Waals surface area contributed by atoms with E-state index in [4.69, 9.17) is 28.4 Å². The highest BCUT2D eigenvalue weighted by atomic mass is 79.9. The van der Waals surface area contributed by atoms with E-state index < -0.39 is 0 Å². The van der Waals surface area contributed by atoms with E-state index in [-0.39, 0.29) is 17.9 Å². The van der Waals surface area contributed by atoms with Gasteiger partial charge in [-0.2, -0.15) is 0 Å². The van der Waals surface area contributed by atoms with Gasteiger partial charge < -0.3 is 28.4 Å². The first kappa shape index (κ1) is 24.5. The Morgan fingerprint density at radius 1 is 0.750 bits per heavy atom. The summed E-state index contributed by atoms with van der Waals surface area (Å²) in [4.78, 5) is 0. The number of rotatable bonds is 10. The van der Waals surface area contributed by atoms with E-state index in [1.165, 1.54) is 5.56 Å². The van der Waals surface area contributed by atoms with Crippen molar-refractivity contribution in [3.63, 3.8) is 0 Å². The lowest BCUT2D eigenvalue weighted by Crippen LogP contribution is -2.21. The van der Waals surface area contributed by atoms with Crippen LogP contribution in [0.5, 0.6) is 28.7 Å². The molecule has 2 aromatic rings. The van der Waals surface area contributed by atoms with Gasteiger partial charge in [-0.1, -0.05) is 6.92 Å². The van der Waals surface area contributed by atoms with Crippen LogP contribution in [0.1, 0.15) is 49.1 Å². The van der Waals surface area contributed by atoms with Crippen molar-refractivity contribution in [1.82, 2.24) is 0 Å². The van der Waals surface area contributed by atoms with E-state index >= 15 is 0 Å². The molecule has 1 aliphatic carbocycles. The molecule has 0 amide bonds. The topological polar surface area (TPSA) is 55.4 Å². The molecule has 0 aromatic heterocycles. The Kier molecular flexibility index (Phi) is 8.54. The molecule has 6 nitrogen and oxygen atoms in total. The second kappa shape index (κ2) is 11.1. The molecule has 32 heavy (non-hydrogen) atoms. The summed E-state index contributed by atoms with van der Waals surface area (Å²) in [5.41, 5.74) is 2.28. The molecule has 3 rings (SSSR count). The molecular formula is C25H33BrO6. The maximum absolute atomic E-state index is 6.06. The summed E-state index contributed by atoms with van der Waals surface area (Å²) in [6, 6.07) is 8.25. The number of hydrogen-bond donors (Lipinski definition) is 0. The summed E-state index contributed by atoms with van der Waals surface area (Å²) in [6.07, 6.45) is 2.90. The predicted octanol–water partition coefficient (Wildman–Crippen LogP) is 5.95. The van der Waals surface area contributed by atoms with Gasteiger partial charge in [0.2, 0.25) is 5.75 Å². The third kappa shape index (κ3) is 4.79. The van der Waals surface area contributed by atoms with Gasteiger partial charge in [-0.15, -0.1) is 0 Å². The molecule has 0 heterocycles. The molecule has 0 saturated heterocycles. The Morgan fingerprint density at radius 2 is 1.25 bits per heavy atom. The summed E-state index contributed by atoms with van der Waals surface area (Å²) in [7, 11) is 8.34. The highest BCUT2D eigenvalue weighted by molar-refractivity contribution is 9.10. The lowest BCUT2D eigenvalue weighted by Gasteiger charge is -2.26. The second-order valence-electron chi connectivity index (χ2n) is 7.83. The summed E-state index contributed by atoms with van der Waals surface area (Å²) >= 11 is 3.68. The molecule has 176 valence electrons. The Hall–Kier alpha value is -2.12. The van der Waals surface area contributed by atoms with Crippen molar-refractivity contribution in [2.45, 2.75) is 44.1 Å². The van der Waals surface area contributed by atoms with Crippen molar-refractivity contribution in [2.75, 3.05) is 42.2 Å². The zero-order valence-electron chi connectivity index (χ0n) is 19.7. The smallest absolute Gasteiger partial charge is 0.203 e. The summed E-state index contributed by atoms with van der Waals surface area (Å²) in [6.45, 7) is 2.72. The van der Waals surface area contributed by atoms with Crippen molar-refractivity contribution in [3.8, 4) is 28.7 Å². The molecule has 0 N–H and O–H groups in total. The summed E-state index contributed by atoms with van der Waals surface area (Å²) in [5, 5.41) is 0. The zero-order chi connectivity index (χ0) is 23.3. The Bertz CT molecular complexity index is 891. The average Bonchev–Trinajstić information content (AvgIpc) is 3.25. The summed E-state index contributed by atoms with van der Waals surface area (Å²) in [5.74, 6) is 3.79. The van der Waals surface area contributed by atoms with Crippen molar-refractivity contribution < 1.29 is 28.4 Å². The van der Waals surface area contributed by atoms with Gasteiger partial charge in [0.25, 0.3) is 0 Å².